The number of rotatable bonds is 29. The molecule has 0 radical (unpaired) electrons. The molecule has 0 aromatic heterocycles. The van der Waals surface area contributed by atoms with E-state index in [0.29, 0.717) is 0 Å². The van der Waals surface area contributed by atoms with Crippen molar-refractivity contribution in [2.75, 3.05) is 0 Å². The fraction of sp³-hybridized carbons (Fsp3) is 0.941. The van der Waals surface area contributed by atoms with Crippen molar-refractivity contribution in [3.05, 3.63) is 12.2 Å². The highest BCUT2D eigenvalue weighted by Gasteiger charge is 2.06. The van der Waals surface area contributed by atoms with Crippen LogP contribution in [0.1, 0.15) is 201 Å². The van der Waals surface area contributed by atoms with E-state index in [-0.39, 0.29) is 0 Å². The molecule has 0 heterocycles. The second-order valence-corrected chi connectivity index (χ2v) is 11.7. The van der Waals surface area contributed by atoms with Crippen LogP contribution in [-0.2, 0) is 0 Å². The van der Waals surface area contributed by atoms with Crippen molar-refractivity contribution in [2.45, 2.75) is 201 Å². The fourth-order valence-electron chi connectivity index (χ4n) is 5.46. The van der Waals surface area contributed by atoms with Crippen LogP contribution in [0, 0.1) is 5.92 Å². The molecule has 0 saturated heterocycles. The maximum atomic E-state index is 4.04. The summed E-state index contributed by atoms with van der Waals surface area (Å²) >= 11 is 0. The largest absolute Gasteiger partial charge is 0.100 e. The van der Waals surface area contributed by atoms with Crippen LogP contribution in [0.2, 0.25) is 0 Å². The first-order valence-corrected chi connectivity index (χ1v) is 16.3. The smallest absolute Gasteiger partial charge is 0.0326 e. The Morgan fingerprint density at radius 3 is 1.03 bits per heavy atom. The third kappa shape index (κ3) is 28.0. The molecular formula is C34H68. The van der Waals surface area contributed by atoms with Crippen LogP contribution < -0.4 is 0 Å². The Morgan fingerprint density at radius 1 is 0.441 bits per heavy atom. The van der Waals surface area contributed by atoms with Gasteiger partial charge in [0.25, 0.3) is 0 Å². The van der Waals surface area contributed by atoms with E-state index in [2.05, 4.69) is 27.4 Å². The van der Waals surface area contributed by atoms with E-state index in [4.69, 9.17) is 0 Å². The van der Waals surface area contributed by atoms with Gasteiger partial charge in [-0.1, -0.05) is 186 Å². The van der Waals surface area contributed by atoms with Gasteiger partial charge in [-0.2, -0.15) is 0 Å². The molecule has 0 aliphatic carbocycles. The zero-order valence-electron chi connectivity index (χ0n) is 24.6. The summed E-state index contributed by atoms with van der Waals surface area (Å²) in [6.45, 7) is 10.9. The molecule has 1 unspecified atom stereocenters. The molecule has 0 saturated carbocycles. The summed E-state index contributed by atoms with van der Waals surface area (Å²) in [5.74, 6) is 0.967. The Kier molecular flexibility index (Phi) is 28.8. The number of unbranched alkanes of at least 4 members (excludes halogenated alkanes) is 22. The zero-order valence-corrected chi connectivity index (χ0v) is 24.6. The van der Waals surface area contributed by atoms with E-state index < -0.39 is 0 Å². The summed E-state index contributed by atoms with van der Waals surface area (Å²) in [7, 11) is 0. The molecule has 0 fully saturated rings. The summed E-state index contributed by atoms with van der Waals surface area (Å²) in [5.41, 5.74) is 1.36. The van der Waals surface area contributed by atoms with Gasteiger partial charge in [-0.05, 0) is 25.7 Å². The van der Waals surface area contributed by atoms with Crippen molar-refractivity contribution in [3.8, 4) is 0 Å². The molecular weight excluding hydrogens is 408 g/mol. The lowest BCUT2D eigenvalue weighted by atomic mass is 9.92. The molecule has 0 nitrogen and oxygen atoms in total. The quantitative estimate of drug-likeness (QED) is 0.0743. The Morgan fingerprint density at radius 2 is 0.735 bits per heavy atom. The van der Waals surface area contributed by atoms with Gasteiger partial charge in [0.15, 0.2) is 0 Å². The molecule has 0 bridgehead atoms. The van der Waals surface area contributed by atoms with Crippen molar-refractivity contribution in [2.24, 2.45) is 5.92 Å². The van der Waals surface area contributed by atoms with Crippen LogP contribution in [0.25, 0.3) is 0 Å². The second-order valence-electron chi connectivity index (χ2n) is 11.7. The van der Waals surface area contributed by atoms with Crippen LogP contribution in [0.5, 0.6) is 0 Å². The van der Waals surface area contributed by atoms with Gasteiger partial charge in [-0.3, -0.25) is 0 Å². The summed E-state index contributed by atoms with van der Waals surface area (Å²) in [4.78, 5) is 0. The Bertz CT molecular complexity index is 381. The maximum Gasteiger partial charge on any atom is -0.0326 e. The third-order valence-electron chi connectivity index (χ3n) is 8.01. The normalized spacial score (nSPS) is 12.3. The highest BCUT2D eigenvalue weighted by atomic mass is 14.1. The lowest BCUT2D eigenvalue weighted by Crippen LogP contribution is -1.99. The highest BCUT2D eigenvalue weighted by Crippen LogP contribution is 2.22. The third-order valence-corrected chi connectivity index (χ3v) is 8.01. The molecule has 0 amide bonds. The molecule has 0 N–H and O–H groups in total. The van der Waals surface area contributed by atoms with Crippen molar-refractivity contribution in [1.82, 2.24) is 0 Å². The van der Waals surface area contributed by atoms with Gasteiger partial charge in [-0.15, -0.1) is 6.58 Å². The maximum absolute atomic E-state index is 4.04. The predicted molar refractivity (Wildman–Crippen MR) is 159 cm³/mol. The van der Waals surface area contributed by atoms with Gasteiger partial charge in [-0.25, -0.2) is 0 Å². The Hall–Kier alpha value is -0.260. The summed E-state index contributed by atoms with van der Waals surface area (Å²) in [5, 5.41) is 0. The van der Waals surface area contributed by atoms with Crippen molar-refractivity contribution in [1.29, 1.82) is 0 Å². The van der Waals surface area contributed by atoms with E-state index in [9.17, 15) is 0 Å². The molecule has 1 atom stereocenters. The summed E-state index contributed by atoms with van der Waals surface area (Å²) in [6, 6.07) is 0. The molecule has 0 aliphatic rings. The van der Waals surface area contributed by atoms with Crippen molar-refractivity contribution >= 4 is 0 Å². The SMILES string of the molecule is C=C(C)CCCC(CC)CCCCCCCCCCCCCCCCCCCCCCCCC. The first-order valence-electron chi connectivity index (χ1n) is 16.3. The average molecular weight is 477 g/mol. The standard InChI is InChI=1S/C34H68/c1-5-7-8-9-10-11-12-13-14-15-16-17-18-19-20-21-22-23-24-25-26-27-28-31-34(6-2)32-29-30-33(3)4/h34H,3,5-32H2,1-2,4H3. The van der Waals surface area contributed by atoms with Crippen LogP contribution in [0.15, 0.2) is 12.2 Å². The molecule has 0 aliphatic heterocycles. The topological polar surface area (TPSA) is 0 Å². The molecule has 0 spiro atoms. The van der Waals surface area contributed by atoms with E-state index in [1.807, 2.05) is 0 Å². The fourth-order valence-corrected chi connectivity index (χ4v) is 5.46. The Balaban J connectivity index is 3.15. The van der Waals surface area contributed by atoms with E-state index in [1.54, 1.807) is 0 Å². The first-order chi connectivity index (χ1) is 16.7. The number of hydrogen-bond acceptors (Lipinski definition) is 0. The first kappa shape index (κ1) is 33.7. The number of hydrogen-bond donors (Lipinski definition) is 0. The highest BCUT2D eigenvalue weighted by molar-refractivity contribution is 4.87. The summed E-state index contributed by atoms with van der Waals surface area (Å²) < 4.78 is 0. The monoisotopic (exact) mass is 477 g/mol. The summed E-state index contributed by atoms with van der Waals surface area (Å²) in [6.07, 6.45) is 40.8. The van der Waals surface area contributed by atoms with Crippen LogP contribution in [0.3, 0.4) is 0 Å². The van der Waals surface area contributed by atoms with Gasteiger partial charge >= 0.3 is 0 Å². The van der Waals surface area contributed by atoms with Gasteiger partial charge in [0.1, 0.15) is 0 Å². The van der Waals surface area contributed by atoms with Crippen LogP contribution in [-0.4, -0.2) is 0 Å². The predicted octanol–water partition coefficient (Wildman–Crippen LogP) is 13.1. The average Bonchev–Trinajstić information content (AvgIpc) is 2.83. The van der Waals surface area contributed by atoms with Crippen molar-refractivity contribution < 1.29 is 0 Å². The molecule has 34 heavy (non-hydrogen) atoms. The van der Waals surface area contributed by atoms with Gasteiger partial charge < -0.3 is 0 Å². The lowest BCUT2D eigenvalue weighted by molar-refractivity contribution is 0.401. The van der Waals surface area contributed by atoms with E-state index in [0.717, 1.165) is 5.92 Å². The van der Waals surface area contributed by atoms with Gasteiger partial charge in [0.05, 0.1) is 0 Å². The minimum Gasteiger partial charge on any atom is -0.100 e. The van der Waals surface area contributed by atoms with E-state index >= 15 is 0 Å². The molecule has 0 heteroatoms. The second kappa shape index (κ2) is 29.0. The molecule has 0 aromatic carbocycles. The lowest BCUT2D eigenvalue weighted by Gasteiger charge is -2.14. The molecule has 0 aromatic rings. The van der Waals surface area contributed by atoms with Crippen LogP contribution in [0.4, 0.5) is 0 Å². The molecule has 0 rings (SSSR count). The van der Waals surface area contributed by atoms with Crippen molar-refractivity contribution in [3.63, 3.8) is 0 Å². The minimum absolute atomic E-state index is 0.967. The zero-order chi connectivity index (χ0) is 25.0. The van der Waals surface area contributed by atoms with Crippen LogP contribution >= 0.6 is 0 Å². The number of allylic oxidation sites excluding steroid dienone is 1. The van der Waals surface area contributed by atoms with Gasteiger partial charge in [0.2, 0.25) is 0 Å². The van der Waals surface area contributed by atoms with Gasteiger partial charge in [0, 0.05) is 0 Å². The minimum atomic E-state index is 0.967. The van der Waals surface area contributed by atoms with E-state index in [1.165, 1.54) is 185 Å². The Labute approximate surface area is 218 Å². The molecule has 204 valence electrons.